The number of nitrogens with one attached hydrogen (secondary N) is 2. The van der Waals surface area contributed by atoms with Gasteiger partial charge in [-0.2, -0.15) is 0 Å². The Morgan fingerprint density at radius 3 is 2.28 bits per heavy atom. The monoisotopic (exact) mass is 358 g/mol. The number of aromatic carboxylic acids is 1. The van der Waals surface area contributed by atoms with Gasteiger partial charge in [-0.05, 0) is 43.3 Å². The molecule has 2 rings (SSSR count). The molecule has 0 saturated heterocycles. The van der Waals surface area contributed by atoms with Crippen molar-refractivity contribution in [2.75, 3.05) is 10.6 Å². The van der Waals surface area contributed by atoms with Crippen molar-refractivity contribution in [2.24, 2.45) is 0 Å². The molecule has 0 aromatic heterocycles. The maximum atomic E-state index is 12.3. The summed E-state index contributed by atoms with van der Waals surface area (Å²) in [6.45, 7) is 3.19. The molecule has 0 radical (unpaired) electrons. The Hall–Kier alpha value is -2.80. The van der Waals surface area contributed by atoms with Crippen molar-refractivity contribution in [2.45, 2.75) is 24.0 Å². The molecule has 3 N–H and O–H groups in total. The fourth-order valence-electron chi connectivity index (χ4n) is 2.08. The molecule has 130 valence electrons. The summed E-state index contributed by atoms with van der Waals surface area (Å²) < 4.78 is 0. The van der Waals surface area contributed by atoms with Crippen molar-refractivity contribution in [1.82, 2.24) is 0 Å². The van der Waals surface area contributed by atoms with E-state index in [1.54, 1.807) is 37.3 Å². The third-order valence-corrected chi connectivity index (χ3v) is 4.31. The largest absolute Gasteiger partial charge is 0.478 e. The Labute approximate surface area is 149 Å². The molecule has 1 atom stereocenters. The van der Waals surface area contributed by atoms with Crippen LogP contribution in [0.3, 0.4) is 0 Å². The topological polar surface area (TPSA) is 95.5 Å². The van der Waals surface area contributed by atoms with E-state index in [1.807, 2.05) is 6.07 Å². The quantitative estimate of drug-likeness (QED) is 0.687. The molecule has 0 aliphatic carbocycles. The van der Waals surface area contributed by atoms with Crippen molar-refractivity contribution in [3.63, 3.8) is 0 Å². The first kappa shape index (κ1) is 18.5. The first-order chi connectivity index (χ1) is 11.8. The number of benzene rings is 2. The lowest BCUT2D eigenvalue weighted by molar-refractivity contribution is -0.115. The van der Waals surface area contributed by atoms with Gasteiger partial charge >= 0.3 is 5.97 Å². The van der Waals surface area contributed by atoms with Gasteiger partial charge in [0.1, 0.15) is 0 Å². The second-order valence-corrected chi connectivity index (χ2v) is 6.76. The molecule has 2 aromatic carbocycles. The van der Waals surface area contributed by atoms with Gasteiger partial charge in [0.2, 0.25) is 11.8 Å². The van der Waals surface area contributed by atoms with Gasteiger partial charge in [-0.3, -0.25) is 9.59 Å². The second-order valence-electron chi connectivity index (χ2n) is 5.34. The van der Waals surface area contributed by atoms with Gasteiger partial charge in [-0.25, -0.2) is 4.79 Å². The van der Waals surface area contributed by atoms with Gasteiger partial charge in [0.05, 0.1) is 10.8 Å². The summed E-state index contributed by atoms with van der Waals surface area (Å²) >= 11 is 1.34. The molecule has 0 bridgehead atoms. The van der Waals surface area contributed by atoms with Crippen molar-refractivity contribution < 1.29 is 19.5 Å². The van der Waals surface area contributed by atoms with E-state index >= 15 is 0 Å². The highest BCUT2D eigenvalue weighted by atomic mass is 32.2. The molecule has 7 heteroatoms. The average molecular weight is 358 g/mol. The van der Waals surface area contributed by atoms with Crippen molar-refractivity contribution in [3.05, 3.63) is 54.1 Å². The van der Waals surface area contributed by atoms with Crippen LogP contribution in [0.1, 0.15) is 24.2 Å². The Morgan fingerprint density at radius 2 is 1.64 bits per heavy atom. The fourth-order valence-corrected chi connectivity index (χ4v) is 3.01. The zero-order chi connectivity index (χ0) is 18.4. The molecular formula is C18H18N2O4S. The number of carbonyl (C=O) groups is 3. The second kappa shape index (κ2) is 8.34. The maximum Gasteiger partial charge on any atom is 0.335 e. The molecule has 0 heterocycles. The first-order valence-electron chi connectivity index (χ1n) is 7.53. The van der Waals surface area contributed by atoms with Crippen molar-refractivity contribution in [1.29, 1.82) is 0 Å². The number of amides is 2. The number of carboxylic acids is 1. The summed E-state index contributed by atoms with van der Waals surface area (Å²) in [6, 6.07) is 13.3. The minimum Gasteiger partial charge on any atom is -0.478 e. The van der Waals surface area contributed by atoms with Crippen molar-refractivity contribution in [3.8, 4) is 0 Å². The molecular weight excluding hydrogens is 340 g/mol. The van der Waals surface area contributed by atoms with Gasteiger partial charge in [0, 0.05) is 23.2 Å². The lowest BCUT2D eigenvalue weighted by Gasteiger charge is -2.13. The standard InChI is InChI=1S/C18H18N2O4S/c1-11(25-16-8-4-7-15(10-16)19-12(2)21)17(22)20-14-6-3-5-13(9-14)18(23)24/h3-11H,1-2H3,(H,19,21)(H,20,22)(H,23,24). The Balaban J connectivity index is 2.02. The molecule has 1 unspecified atom stereocenters. The fraction of sp³-hybridized carbons (Fsp3) is 0.167. The van der Waals surface area contributed by atoms with Crippen LogP contribution in [0.25, 0.3) is 0 Å². The Bertz CT molecular complexity index is 807. The maximum absolute atomic E-state index is 12.3. The highest BCUT2D eigenvalue weighted by molar-refractivity contribution is 8.00. The number of hydrogen-bond acceptors (Lipinski definition) is 4. The molecule has 25 heavy (non-hydrogen) atoms. The highest BCUT2D eigenvalue weighted by Crippen LogP contribution is 2.26. The minimum absolute atomic E-state index is 0.112. The molecule has 0 aliphatic heterocycles. The van der Waals surface area contributed by atoms with E-state index in [1.165, 1.54) is 30.8 Å². The lowest BCUT2D eigenvalue weighted by atomic mass is 10.2. The van der Waals surface area contributed by atoms with E-state index in [2.05, 4.69) is 10.6 Å². The van der Waals surface area contributed by atoms with Crippen LogP contribution in [0.5, 0.6) is 0 Å². The highest BCUT2D eigenvalue weighted by Gasteiger charge is 2.15. The van der Waals surface area contributed by atoms with Crippen LogP contribution in [0, 0.1) is 0 Å². The van der Waals surface area contributed by atoms with Crippen LogP contribution in [0.15, 0.2) is 53.4 Å². The van der Waals surface area contributed by atoms with E-state index in [-0.39, 0.29) is 17.4 Å². The zero-order valence-corrected chi connectivity index (χ0v) is 14.6. The third-order valence-electron chi connectivity index (χ3n) is 3.21. The van der Waals surface area contributed by atoms with E-state index in [4.69, 9.17) is 5.11 Å². The number of carbonyl (C=O) groups excluding carboxylic acids is 2. The Morgan fingerprint density at radius 1 is 1.00 bits per heavy atom. The Kier molecular flexibility index (Phi) is 6.19. The number of thioether (sulfide) groups is 1. The molecule has 0 aliphatic rings. The zero-order valence-electron chi connectivity index (χ0n) is 13.8. The van der Waals surface area contributed by atoms with Gasteiger partial charge in [-0.15, -0.1) is 11.8 Å². The van der Waals surface area contributed by atoms with E-state index in [0.717, 1.165) is 4.90 Å². The summed E-state index contributed by atoms with van der Waals surface area (Å²) in [5.74, 6) is -1.45. The van der Waals surface area contributed by atoms with Crippen LogP contribution in [0.4, 0.5) is 11.4 Å². The predicted molar refractivity (Wildman–Crippen MR) is 98.1 cm³/mol. The molecule has 0 spiro atoms. The predicted octanol–water partition coefficient (Wildman–Crippen LogP) is 3.46. The van der Waals surface area contributed by atoms with Crippen LogP contribution >= 0.6 is 11.8 Å². The normalized spacial score (nSPS) is 11.4. The molecule has 2 aromatic rings. The summed E-state index contributed by atoms with van der Waals surface area (Å²) in [5.41, 5.74) is 1.21. The number of hydrogen-bond donors (Lipinski definition) is 3. The van der Waals surface area contributed by atoms with Gasteiger partial charge in [0.15, 0.2) is 0 Å². The summed E-state index contributed by atoms with van der Waals surface area (Å²) in [7, 11) is 0. The smallest absolute Gasteiger partial charge is 0.335 e. The number of anilines is 2. The van der Waals surface area contributed by atoms with E-state index in [9.17, 15) is 14.4 Å². The van der Waals surface area contributed by atoms with Crippen LogP contribution in [0.2, 0.25) is 0 Å². The van der Waals surface area contributed by atoms with Crippen LogP contribution in [-0.2, 0) is 9.59 Å². The van der Waals surface area contributed by atoms with Gasteiger partial charge < -0.3 is 15.7 Å². The first-order valence-corrected chi connectivity index (χ1v) is 8.41. The molecule has 2 amide bonds. The number of carboxylic acid groups (broad SMARTS) is 1. The lowest BCUT2D eigenvalue weighted by Crippen LogP contribution is -2.22. The SMILES string of the molecule is CC(=O)Nc1cccc(SC(C)C(=O)Nc2cccc(C(=O)O)c2)c1. The molecule has 0 fully saturated rings. The average Bonchev–Trinajstić information content (AvgIpc) is 2.54. The molecule has 0 saturated carbocycles. The minimum atomic E-state index is -1.05. The van der Waals surface area contributed by atoms with Crippen LogP contribution in [-0.4, -0.2) is 28.1 Å². The van der Waals surface area contributed by atoms with Crippen molar-refractivity contribution >= 4 is 40.9 Å². The molecule has 6 nitrogen and oxygen atoms in total. The summed E-state index contributed by atoms with van der Waals surface area (Å²) in [5, 5.41) is 14.0. The van der Waals surface area contributed by atoms with E-state index in [0.29, 0.717) is 11.4 Å². The third kappa shape index (κ3) is 5.65. The van der Waals surface area contributed by atoms with Gasteiger partial charge in [0.25, 0.3) is 0 Å². The summed E-state index contributed by atoms with van der Waals surface area (Å²) in [4.78, 5) is 35.2. The summed E-state index contributed by atoms with van der Waals surface area (Å²) in [6.07, 6.45) is 0. The van der Waals surface area contributed by atoms with Crippen LogP contribution < -0.4 is 10.6 Å². The van der Waals surface area contributed by atoms with E-state index < -0.39 is 11.2 Å². The van der Waals surface area contributed by atoms with Gasteiger partial charge in [-0.1, -0.05) is 12.1 Å². The number of rotatable bonds is 6.